The first-order chi connectivity index (χ1) is 9.08. The van der Waals surface area contributed by atoms with Crippen molar-refractivity contribution in [3.8, 4) is 0 Å². The van der Waals surface area contributed by atoms with Crippen LogP contribution in [0.3, 0.4) is 0 Å². The van der Waals surface area contributed by atoms with Crippen molar-refractivity contribution in [3.63, 3.8) is 0 Å². The molecule has 2 rings (SSSR count). The normalized spacial score (nSPS) is 31.9. The van der Waals surface area contributed by atoms with Gasteiger partial charge in [-0.05, 0) is 51.1 Å². The van der Waals surface area contributed by atoms with E-state index in [1.54, 1.807) is 0 Å². The first kappa shape index (κ1) is 14.8. The Morgan fingerprint density at radius 2 is 2.05 bits per heavy atom. The molecule has 3 atom stereocenters. The molecule has 19 heavy (non-hydrogen) atoms. The molecule has 0 aromatic rings. The first-order valence-electron chi connectivity index (χ1n) is 7.61. The molecule has 3 unspecified atom stereocenters. The number of methoxy groups -OCH3 is 1. The Morgan fingerprint density at radius 3 is 2.68 bits per heavy atom. The van der Waals surface area contributed by atoms with Gasteiger partial charge in [-0.2, -0.15) is 0 Å². The molecule has 4 nitrogen and oxygen atoms in total. The van der Waals surface area contributed by atoms with Crippen LogP contribution in [0.2, 0.25) is 0 Å². The molecule has 0 aromatic heterocycles. The number of carbonyl (C=O) groups excluding carboxylic acids is 1. The zero-order valence-electron chi connectivity index (χ0n) is 12.6. The average Bonchev–Trinajstić information content (AvgIpc) is 2.45. The number of likely N-dealkylation sites (tertiary alicyclic amines) is 1. The van der Waals surface area contributed by atoms with Crippen molar-refractivity contribution in [2.45, 2.75) is 45.6 Å². The van der Waals surface area contributed by atoms with Crippen LogP contribution in [0.1, 0.15) is 39.5 Å². The highest BCUT2D eigenvalue weighted by Crippen LogP contribution is 2.37. The molecule has 2 aliphatic heterocycles. The predicted molar refractivity (Wildman–Crippen MR) is 76.0 cm³/mol. The Labute approximate surface area is 116 Å². The van der Waals surface area contributed by atoms with Crippen LogP contribution in [0.15, 0.2) is 0 Å². The molecule has 0 amide bonds. The molecule has 2 saturated heterocycles. The Morgan fingerprint density at radius 1 is 1.32 bits per heavy atom. The lowest BCUT2D eigenvalue weighted by Crippen LogP contribution is -2.54. The van der Waals surface area contributed by atoms with Crippen LogP contribution in [0.25, 0.3) is 0 Å². The summed E-state index contributed by atoms with van der Waals surface area (Å²) in [6.07, 6.45) is 5.19. The fraction of sp³-hybridized carbons (Fsp3) is 0.933. The number of nitrogens with one attached hydrogen (secondary N) is 1. The van der Waals surface area contributed by atoms with E-state index < -0.39 is 0 Å². The monoisotopic (exact) mass is 268 g/mol. The van der Waals surface area contributed by atoms with Crippen molar-refractivity contribution in [2.75, 3.05) is 33.3 Å². The van der Waals surface area contributed by atoms with Gasteiger partial charge in [-0.15, -0.1) is 0 Å². The van der Waals surface area contributed by atoms with E-state index in [0.717, 1.165) is 26.2 Å². The molecular weight excluding hydrogens is 240 g/mol. The van der Waals surface area contributed by atoms with Crippen molar-refractivity contribution in [1.29, 1.82) is 0 Å². The third-order valence-corrected chi connectivity index (χ3v) is 5.12. The summed E-state index contributed by atoms with van der Waals surface area (Å²) in [5.74, 6) is -0.134. The van der Waals surface area contributed by atoms with Crippen molar-refractivity contribution in [3.05, 3.63) is 0 Å². The molecule has 2 fully saturated rings. The van der Waals surface area contributed by atoms with Gasteiger partial charge in [0.2, 0.25) is 0 Å². The van der Waals surface area contributed by atoms with Crippen LogP contribution in [-0.2, 0) is 9.53 Å². The van der Waals surface area contributed by atoms with Gasteiger partial charge in [0.1, 0.15) is 0 Å². The molecule has 1 N–H and O–H groups in total. The fourth-order valence-electron chi connectivity index (χ4n) is 3.67. The highest BCUT2D eigenvalue weighted by molar-refractivity contribution is 5.72. The number of carbonyl (C=O) groups is 1. The van der Waals surface area contributed by atoms with Gasteiger partial charge >= 0.3 is 5.97 Å². The summed E-state index contributed by atoms with van der Waals surface area (Å²) in [4.78, 5) is 14.2. The molecule has 0 saturated carbocycles. The van der Waals surface area contributed by atoms with Crippen molar-refractivity contribution < 1.29 is 9.53 Å². The van der Waals surface area contributed by atoms with Crippen LogP contribution < -0.4 is 5.32 Å². The van der Waals surface area contributed by atoms with E-state index in [0.29, 0.717) is 5.41 Å². The topological polar surface area (TPSA) is 41.6 Å². The molecule has 1 spiro atoms. The standard InChI is InChI=1S/C15H28N2O2/c1-12(14(18)19-3)13(2)17-9-5-7-15(11-17)6-4-8-16-10-15/h12-13,16H,4-11H2,1-3H3. The summed E-state index contributed by atoms with van der Waals surface area (Å²) in [7, 11) is 1.48. The van der Waals surface area contributed by atoms with Gasteiger partial charge in [0, 0.05) is 19.1 Å². The highest BCUT2D eigenvalue weighted by Gasteiger charge is 2.39. The minimum absolute atomic E-state index is 0.0447. The number of piperidine rings is 2. The molecular formula is C15H28N2O2. The number of hydrogen-bond donors (Lipinski definition) is 1. The number of nitrogens with zero attached hydrogens (tertiary/aromatic N) is 1. The van der Waals surface area contributed by atoms with Crippen LogP contribution in [0, 0.1) is 11.3 Å². The molecule has 2 aliphatic rings. The maximum absolute atomic E-state index is 11.7. The molecule has 0 aromatic carbocycles. The molecule has 0 aliphatic carbocycles. The third-order valence-electron chi connectivity index (χ3n) is 5.12. The van der Waals surface area contributed by atoms with Gasteiger partial charge in [-0.1, -0.05) is 6.92 Å². The van der Waals surface area contributed by atoms with Crippen LogP contribution in [-0.4, -0.2) is 50.2 Å². The lowest BCUT2D eigenvalue weighted by Gasteiger charge is -2.48. The minimum atomic E-state index is -0.0890. The lowest BCUT2D eigenvalue weighted by atomic mass is 9.74. The van der Waals surface area contributed by atoms with E-state index in [4.69, 9.17) is 4.74 Å². The van der Waals surface area contributed by atoms with Gasteiger partial charge in [-0.3, -0.25) is 9.69 Å². The molecule has 4 heteroatoms. The van der Waals surface area contributed by atoms with Gasteiger partial charge in [0.25, 0.3) is 0 Å². The average molecular weight is 268 g/mol. The van der Waals surface area contributed by atoms with Crippen molar-refractivity contribution in [2.24, 2.45) is 11.3 Å². The van der Waals surface area contributed by atoms with Crippen LogP contribution in [0.5, 0.6) is 0 Å². The summed E-state index contributed by atoms with van der Waals surface area (Å²) in [5, 5.41) is 3.55. The van der Waals surface area contributed by atoms with Gasteiger partial charge < -0.3 is 10.1 Å². The maximum Gasteiger partial charge on any atom is 0.309 e. The van der Waals surface area contributed by atoms with E-state index in [2.05, 4.69) is 17.1 Å². The summed E-state index contributed by atoms with van der Waals surface area (Å²) in [5.41, 5.74) is 0.445. The number of esters is 1. The number of rotatable bonds is 3. The second-order valence-corrected chi connectivity index (χ2v) is 6.41. The SMILES string of the molecule is COC(=O)C(C)C(C)N1CCCC2(CCCNC2)C1. The number of ether oxygens (including phenoxy) is 1. The molecule has 0 radical (unpaired) electrons. The van der Waals surface area contributed by atoms with E-state index in [1.807, 2.05) is 6.92 Å². The Bertz CT molecular complexity index is 308. The predicted octanol–water partition coefficient (Wildman–Crippen LogP) is 1.65. The maximum atomic E-state index is 11.7. The second kappa shape index (κ2) is 6.23. The van der Waals surface area contributed by atoms with Crippen molar-refractivity contribution in [1.82, 2.24) is 10.2 Å². The second-order valence-electron chi connectivity index (χ2n) is 6.41. The smallest absolute Gasteiger partial charge is 0.309 e. The van der Waals surface area contributed by atoms with E-state index in [-0.39, 0.29) is 17.9 Å². The van der Waals surface area contributed by atoms with E-state index >= 15 is 0 Å². The zero-order valence-corrected chi connectivity index (χ0v) is 12.6. The molecule has 110 valence electrons. The van der Waals surface area contributed by atoms with Gasteiger partial charge in [0.05, 0.1) is 13.0 Å². The van der Waals surface area contributed by atoms with Gasteiger partial charge in [-0.25, -0.2) is 0 Å². The summed E-state index contributed by atoms with van der Waals surface area (Å²) in [6.45, 7) is 8.69. The van der Waals surface area contributed by atoms with Crippen LogP contribution >= 0.6 is 0 Å². The lowest BCUT2D eigenvalue weighted by molar-refractivity contribution is -0.147. The molecule has 2 heterocycles. The van der Waals surface area contributed by atoms with Crippen molar-refractivity contribution >= 4 is 5.97 Å². The fourth-order valence-corrected chi connectivity index (χ4v) is 3.67. The third kappa shape index (κ3) is 3.29. The summed E-state index contributed by atoms with van der Waals surface area (Å²) >= 11 is 0. The minimum Gasteiger partial charge on any atom is -0.469 e. The Kier molecular flexibility index (Phi) is 4.85. The summed E-state index contributed by atoms with van der Waals surface area (Å²) in [6, 6.07) is 0.270. The summed E-state index contributed by atoms with van der Waals surface area (Å²) < 4.78 is 4.88. The highest BCUT2D eigenvalue weighted by atomic mass is 16.5. The van der Waals surface area contributed by atoms with E-state index in [1.165, 1.54) is 32.8 Å². The first-order valence-corrected chi connectivity index (χ1v) is 7.61. The number of hydrogen-bond acceptors (Lipinski definition) is 4. The quantitative estimate of drug-likeness (QED) is 0.790. The zero-order chi connectivity index (χ0) is 13.9. The molecule has 0 bridgehead atoms. The largest absolute Gasteiger partial charge is 0.469 e. The van der Waals surface area contributed by atoms with E-state index in [9.17, 15) is 4.79 Å². The Balaban J connectivity index is 1.98. The Hall–Kier alpha value is -0.610. The van der Waals surface area contributed by atoms with Crippen LogP contribution in [0.4, 0.5) is 0 Å². The van der Waals surface area contributed by atoms with Gasteiger partial charge in [0.15, 0.2) is 0 Å².